The predicted octanol–water partition coefficient (Wildman–Crippen LogP) is 4.46. The third-order valence-corrected chi connectivity index (χ3v) is 5.88. The number of nitrogens with zero attached hydrogens (tertiary/aromatic N) is 1. The van der Waals surface area contributed by atoms with Crippen LogP contribution in [0.2, 0.25) is 0 Å². The third kappa shape index (κ3) is 4.10. The fraction of sp³-hybridized carbons (Fsp3) is 0.476. The number of rotatable bonds is 4. The topological polar surface area (TPSA) is 40.4 Å². The number of anilines is 1. The van der Waals surface area contributed by atoms with Gasteiger partial charge in [0.15, 0.2) is 5.11 Å². The standard InChI is InChI=1S/C21H27N3OS/c1-15-5-2-6-16(11-15)22-21(26)23-17-12-18-7-3-8-19(13-17)24(18)14-20-9-4-10-25-20/h2,4-6,9-11,17-19H,3,7-8,12-14H2,1H3,(H2,22,23,26)/t17?,18-,19+. The van der Waals surface area contributed by atoms with Crippen LogP contribution < -0.4 is 10.6 Å². The first-order valence-corrected chi connectivity index (χ1v) is 10.0. The summed E-state index contributed by atoms with van der Waals surface area (Å²) in [6.45, 7) is 3.03. The van der Waals surface area contributed by atoms with Gasteiger partial charge in [0.25, 0.3) is 0 Å². The number of fused-ring (bicyclic) bond motifs is 2. The molecule has 0 spiro atoms. The molecule has 2 aliphatic heterocycles. The SMILES string of the molecule is Cc1cccc(NC(=S)NC2C[C@H]3CCC[C@@H](C2)N3Cc2ccco2)c1. The normalized spacial score (nSPS) is 25.7. The van der Waals surface area contributed by atoms with Crippen LogP contribution in [0.15, 0.2) is 47.1 Å². The van der Waals surface area contributed by atoms with Crippen LogP contribution in [0.5, 0.6) is 0 Å². The number of benzene rings is 1. The van der Waals surface area contributed by atoms with Crippen LogP contribution >= 0.6 is 12.2 Å². The molecule has 5 heteroatoms. The summed E-state index contributed by atoms with van der Waals surface area (Å²) >= 11 is 5.56. The molecule has 4 rings (SSSR count). The van der Waals surface area contributed by atoms with Crippen molar-refractivity contribution in [3.8, 4) is 0 Å². The second-order valence-corrected chi connectivity index (χ2v) is 8.03. The molecule has 3 atom stereocenters. The fourth-order valence-corrected chi connectivity index (χ4v) is 4.80. The van der Waals surface area contributed by atoms with Gasteiger partial charge >= 0.3 is 0 Å². The van der Waals surface area contributed by atoms with Crippen molar-refractivity contribution in [2.75, 3.05) is 5.32 Å². The molecule has 1 unspecified atom stereocenters. The van der Waals surface area contributed by atoms with Crippen molar-refractivity contribution in [1.29, 1.82) is 0 Å². The Labute approximate surface area is 161 Å². The summed E-state index contributed by atoms with van der Waals surface area (Å²) in [5, 5.41) is 7.63. The predicted molar refractivity (Wildman–Crippen MR) is 109 cm³/mol. The zero-order chi connectivity index (χ0) is 17.9. The van der Waals surface area contributed by atoms with Crippen LogP contribution in [-0.4, -0.2) is 28.1 Å². The molecule has 2 bridgehead atoms. The molecule has 0 radical (unpaired) electrons. The van der Waals surface area contributed by atoms with E-state index in [-0.39, 0.29) is 0 Å². The maximum absolute atomic E-state index is 5.58. The molecule has 0 amide bonds. The van der Waals surface area contributed by atoms with Crippen molar-refractivity contribution in [2.24, 2.45) is 0 Å². The van der Waals surface area contributed by atoms with Gasteiger partial charge in [-0.2, -0.15) is 0 Å². The van der Waals surface area contributed by atoms with Crippen molar-refractivity contribution < 1.29 is 4.42 Å². The van der Waals surface area contributed by atoms with Gasteiger partial charge in [-0.15, -0.1) is 0 Å². The monoisotopic (exact) mass is 369 g/mol. The lowest BCUT2D eigenvalue weighted by Crippen LogP contribution is -2.56. The van der Waals surface area contributed by atoms with Crippen molar-refractivity contribution >= 4 is 23.0 Å². The average Bonchev–Trinajstić information content (AvgIpc) is 3.08. The molecule has 0 saturated carbocycles. The van der Waals surface area contributed by atoms with E-state index in [0.717, 1.165) is 35.9 Å². The van der Waals surface area contributed by atoms with Gasteiger partial charge in [0.2, 0.25) is 0 Å². The Morgan fingerprint density at radius 1 is 1.19 bits per heavy atom. The Bertz CT molecular complexity index is 731. The van der Waals surface area contributed by atoms with E-state index in [2.05, 4.69) is 52.8 Å². The number of hydrogen-bond acceptors (Lipinski definition) is 3. The number of thiocarbonyl (C=S) groups is 1. The average molecular weight is 370 g/mol. The molecule has 1 aromatic carbocycles. The quantitative estimate of drug-likeness (QED) is 0.779. The van der Waals surface area contributed by atoms with Crippen LogP contribution in [0.3, 0.4) is 0 Å². The Morgan fingerprint density at radius 2 is 2.00 bits per heavy atom. The number of nitrogens with one attached hydrogen (secondary N) is 2. The van der Waals surface area contributed by atoms with Gasteiger partial charge in [-0.3, -0.25) is 4.90 Å². The molecule has 4 nitrogen and oxygen atoms in total. The van der Waals surface area contributed by atoms with E-state index in [1.54, 1.807) is 6.26 Å². The van der Waals surface area contributed by atoms with E-state index in [1.807, 2.05) is 6.07 Å². The number of hydrogen-bond donors (Lipinski definition) is 2. The molecular formula is C21H27N3OS. The molecule has 2 saturated heterocycles. The zero-order valence-corrected chi connectivity index (χ0v) is 16.1. The number of piperidine rings is 2. The highest BCUT2D eigenvalue weighted by Gasteiger charge is 2.38. The molecule has 3 heterocycles. The number of aryl methyl sites for hydroxylation is 1. The van der Waals surface area contributed by atoms with Gasteiger partial charge < -0.3 is 15.1 Å². The maximum atomic E-state index is 5.58. The van der Waals surface area contributed by atoms with E-state index in [1.165, 1.54) is 24.8 Å². The minimum atomic E-state index is 0.447. The van der Waals surface area contributed by atoms with Gasteiger partial charge in [0, 0.05) is 23.8 Å². The Balaban J connectivity index is 1.35. The van der Waals surface area contributed by atoms with Crippen molar-refractivity contribution in [2.45, 2.75) is 63.7 Å². The van der Waals surface area contributed by atoms with E-state index in [0.29, 0.717) is 18.1 Å². The van der Waals surface area contributed by atoms with Gasteiger partial charge in [-0.05, 0) is 74.7 Å². The second-order valence-electron chi connectivity index (χ2n) is 7.63. The highest BCUT2D eigenvalue weighted by atomic mass is 32.1. The fourth-order valence-electron chi connectivity index (χ4n) is 4.51. The molecule has 2 aromatic rings. The van der Waals surface area contributed by atoms with Crippen LogP contribution in [0.4, 0.5) is 5.69 Å². The third-order valence-electron chi connectivity index (χ3n) is 5.66. The maximum Gasteiger partial charge on any atom is 0.170 e. The number of furan rings is 1. The van der Waals surface area contributed by atoms with Crippen molar-refractivity contribution in [1.82, 2.24) is 10.2 Å². The van der Waals surface area contributed by atoms with Gasteiger partial charge in [0.05, 0.1) is 12.8 Å². The first-order valence-electron chi connectivity index (χ1n) is 9.60. The molecule has 26 heavy (non-hydrogen) atoms. The Morgan fingerprint density at radius 3 is 2.69 bits per heavy atom. The Kier molecular flexibility index (Phi) is 5.27. The van der Waals surface area contributed by atoms with Crippen molar-refractivity contribution in [3.63, 3.8) is 0 Å². The van der Waals surface area contributed by atoms with Gasteiger partial charge in [-0.1, -0.05) is 18.6 Å². The molecule has 0 aliphatic carbocycles. The summed E-state index contributed by atoms with van der Waals surface area (Å²) in [5.41, 5.74) is 2.29. The lowest BCUT2D eigenvalue weighted by molar-refractivity contribution is 0.0161. The Hall–Kier alpha value is -1.85. The highest BCUT2D eigenvalue weighted by Crippen LogP contribution is 2.35. The van der Waals surface area contributed by atoms with Crippen LogP contribution in [0, 0.1) is 6.92 Å². The van der Waals surface area contributed by atoms with Crippen LogP contribution in [-0.2, 0) is 6.54 Å². The summed E-state index contributed by atoms with van der Waals surface area (Å²) in [6.07, 6.45) is 7.94. The zero-order valence-electron chi connectivity index (χ0n) is 15.3. The molecule has 1 aromatic heterocycles. The van der Waals surface area contributed by atoms with E-state index >= 15 is 0 Å². The molecule has 2 N–H and O–H groups in total. The largest absolute Gasteiger partial charge is 0.468 e. The summed E-state index contributed by atoms with van der Waals surface area (Å²) in [7, 11) is 0. The first-order chi connectivity index (χ1) is 12.7. The van der Waals surface area contributed by atoms with Crippen LogP contribution in [0.25, 0.3) is 0 Å². The van der Waals surface area contributed by atoms with Crippen LogP contribution in [0.1, 0.15) is 43.4 Å². The lowest BCUT2D eigenvalue weighted by Gasteiger charge is -2.48. The van der Waals surface area contributed by atoms with E-state index in [9.17, 15) is 0 Å². The molecule has 138 valence electrons. The smallest absolute Gasteiger partial charge is 0.170 e. The summed E-state index contributed by atoms with van der Waals surface area (Å²) in [6, 6.07) is 14.1. The summed E-state index contributed by atoms with van der Waals surface area (Å²) in [5.74, 6) is 1.07. The first kappa shape index (κ1) is 17.6. The molecule has 2 aliphatic rings. The summed E-state index contributed by atoms with van der Waals surface area (Å²) < 4.78 is 5.58. The minimum Gasteiger partial charge on any atom is -0.468 e. The second kappa shape index (κ2) is 7.80. The van der Waals surface area contributed by atoms with Crippen molar-refractivity contribution in [3.05, 3.63) is 54.0 Å². The highest BCUT2D eigenvalue weighted by molar-refractivity contribution is 7.80. The summed E-state index contributed by atoms with van der Waals surface area (Å²) in [4.78, 5) is 2.65. The van der Waals surface area contributed by atoms with E-state index in [4.69, 9.17) is 16.6 Å². The molecular weight excluding hydrogens is 342 g/mol. The molecule has 2 fully saturated rings. The van der Waals surface area contributed by atoms with Gasteiger partial charge in [0.1, 0.15) is 5.76 Å². The van der Waals surface area contributed by atoms with Gasteiger partial charge in [-0.25, -0.2) is 0 Å². The minimum absolute atomic E-state index is 0.447. The lowest BCUT2D eigenvalue weighted by atomic mass is 9.81. The van der Waals surface area contributed by atoms with E-state index < -0.39 is 0 Å².